The lowest BCUT2D eigenvalue weighted by Gasteiger charge is -2.16. The van der Waals surface area contributed by atoms with Gasteiger partial charge in [0.15, 0.2) is 5.71 Å². The zero-order valence-corrected chi connectivity index (χ0v) is 7.42. The van der Waals surface area contributed by atoms with E-state index < -0.39 is 6.98 Å². The van der Waals surface area contributed by atoms with Crippen LogP contribution in [0.15, 0.2) is 10.3 Å². The number of hydrogen-bond donors (Lipinski definition) is 0. The van der Waals surface area contributed by atoms with Gasteiger partial charge in [-0.05, 0) is 6.92 Å². The third-order valence-corrected chi connectivity index (χ3v) is 1.71. The van der Waals surface area contributed by atoms with Crippen LogP contribution in [0.25, 0.3) is 0 Å². The second-order valence-electron chi connectivity index (χ2n) is 3.83. The average Bonchev–Trinajstić information content (AvgIpc) is 2.27. The highest BCUT2D eigenvalue weighted by atomic mass is 15.5. The van der Waals surface area contributed by atoms with Crippen LogP contribution in [0.3, 0.4) is 0 Å². The number of nitrogens with zero attached hydrogens (tertiary/aromatic N) is 3. The SMILES string of the molecule is [2H]C([2H])([2H])[N+]1=C(C(C)(C)C)C(C)N=N1. The first-order chi connectivity index (χ1) is 6.14. The van der Waals surface area contributed by atoms with Gasteiger partial charge in [-0.3, -0.25) is 0 Å². The van der Waals surface area contributed by atoms with Crippen LogP contribution >= 0.6 is 0 Å². The third-order valence-electron chi connectivity index (χ3n) is 1.71. The van der Waals surface area contributed by atoms with Gasteiger partial charge in [0.25, 0.3) is 0 Å². The monoisotopic (exact) mass is 157 g/mol. The lowest BCUT2D eigenvalue weighted by atomic mass is 9.86. The maximum absolute atomic E-state index is 7.31. The molecule has 0 aromatic rings. The largest absolute Gasteiger partial charge is 0.223 e. The van der Waals surface area contributed by atoms with Gasteiger partial charge in [-0.2, -0.15) is 0 Å². The highest BCUT2D eigenvalue weighted by Crippen LogP contribution is 2.22. The van der Waals surface area contributed by atoms with Gasteiger partial charge < -0.3 is 0 Å². The van der Waals surface area contributed by atoms with Crippen molar-refractivity contribution in [1.29, 1.82) is 0 Å². The molecule has 1 aliphatic rings. The first kappa shape index (κ1) is 5.01. The molecular formula is C8H16N3+. The van der Waals surface area contributed by atoms with Crippen molar-refractivity contribution in [2.75, 3.05) is 6.98 Å². The van der Waals surface area contributed by atoms with E-state index in [1.807, 2.05) is 27.7 Å². The van der Waals surface area contributed by atoms with E-state index in [9.17, 15) is 0 Å². The Morgan fingerprint density at radius 1 is 1.55 bits per heavy atom. The van der Waals surface area contributed by atoms with E-state index in [0.717, 1.165) is 10.4 Å². The van der Waals surface area contributed by atoms with Gasteiger partial charge in [0.2, 0.25) is 6.04 Å². The van der Waals surface area contributed by atoms with Crippen molar-refractivity contribution < 1.29 is 8.80 Å². The first-order valence-corrected chi connectivity index (χ1v) is 3.72. The lowest BCUT2D eigenvalue weighted by Crippen LogP contribution is -2.32. The molecular weight excluding hydrogens is 138 g/mol. The van der Waals surface area contributed by atoms with Crippen LogP contribution in [0.1, 0.15) is 31.8 Å². The molecule has 3 nitrogen and oxygen atoms in total. The summed E-state index contributed by atoms with van der Waals surface area (Å²) in [5.41, 5.74) is 0.523. The highest BCUT2D eigenvalue weighted by molar-refractivity contribution is 5.89. The van der Waals surface area contributed by atoms with Gasteiger partial charge in [0.05, 0.1) is 4.11 Å². The Bertz CT molecular complexity index is 296. The van der Waals surface area contributed by atoms with Crippen LogP contribution < -0.4 is 0 Å². The number of rotatable bonds is 0. The quantitative estimate of drug-likeness (QED) is 0.480. The Morgan fingerprint density at radius 2 is 2.18 bits per heavy atom. The zero-order chi connectivity index (χ0) is 11.1. The molecule has 0 bridgehead atoms. The van der Waals surface area contributed by atoms with E-state index in [1.165, 1.54) is 0 Å². The van der Waals surface area contributed by atoms with Gasteiger partial charge in [-0.25, -0.2) is 0 Å². The van der Waals surface area contributed by atoms with Crippen molar-refractivity contribution in [3.05, 3.63) is 0 Å². The van der Waals surface area contributed by atoms with E-state index >= 15 is 0 Å². The Labute approximate surface area is 72.0 Å². The third kappa shape index (κ3) is 1.47. The molecule has 1 heterocycles. The molecule has 0 spiro atoms. The molecule has 0 amide bonds. The molecule has 1 aliphatic heterocycles. The van der Waals surface area contributed by atoms with Crippen molar-refractivity contribution in [2.45, 2.75) is 33.7 Å². The molecule has 1 atom stereocenters. The predicted octanol–water partition coefficient (Wildman–Crippen LogP) is 1.89. The molecule has 0 N–H and O–H groups in total. The van der Waals surface area contributed by atoms with E-state index in [0.29, 0.717) is 0 Å². The van der Waals surface area contributed by atoms with E-state index in [-0.39, 0.29) is 11.5 Å². The average molecular weight is 157 g/mol. The van der Waals surface area contributed by atoms with E-state index in [4.69, 9.17) is 4.11 Å². The standard InChI is InChI=1S/C8H16N3/c1-6-7(8(2,3)4)11(5)10-9-6/h6H,1-5H3/q+1/i5D3. The van der Waals surface area contributed by atoms with Crippen molar-refractivity contribution in [2.24, 2.45) is 15.8 Å². The summed E-state index contributed by atoms with van der Waals surface area (Å²) in [6, 6.07) is -0.143. The molecule has 0 aromatic heterocycles. The molecule has 0 aromatic carbocycles. The molecule has 0 saturated heterocycles. The molecule has 0 aliphatic carbocycles. The van der Waals surface area contributed by atoms with Gasteiger partial charge in [0, 0.05) is 10.5 Å². The normalized spacial score (nSPS) is 30.2. The van der Waals surface area contributed by atoms with Gasteiger partial charge >= 0.3 is 0 Å². The van der Waals surface area contributed by atoms with Crippen LogP contribution in [0, 0.1) is 5.41 Å². The van der Waals surface area contributed by atoms with Crippen molar-refractivity contribution in [3.63, 3.8) is 0 Å². The minimum Gasteiger partial charge on any atom is -0.137 e. The summed E-state index contributed by atoms with van der Waals surface area (Å²) < 4.78 is 23.0. The van der Waals surface area contributed by atoms with Crippen LogP contribution in [-0.4, -0.2) is 23.4 Å². The molecule has 11 heavy (non-hydrogen) atoms. The summed E-state index contributed by atoms with van der Waals surface area (Å²) in [5.74, 6) is 0. The smallest absolute Gasteiger partial charge is 0.137 e. The van der Waals surface area contributed by atoms with Gasteiger partial charge in [0.1, 0.15) is 12.2 Å². The van der Waals surface area contributed by atoms with Crippen molar-refractivity contribution in [1.82, 2.24) is 0 Å². The van der Waals surface area contributed by atoms with Crippen LogP contribution in [0.2, 0.25) is 0 Å². The van der Waals surface area contributed by atoms with Crippen molar-refractivity contribution in [3.8, 4) is 0 Å². The van der Waals surface area contributed by atoms with Crippen LogP contribution in [0.4, 0.5) is 0 Å². The van der Waals surface area contributed by atoms with Crippen molar-refractivity contribution >= 4 is 5.71 Å². The lowest BCUT2D eigenvalue weighted by molar-refractivity contribution is -0.508. The second-order valence-corrected chi connectivity index (χ2v) is 3.83. The summed E-state index contributed by atoms with van der Waals surface area (Å²) >= 11 is 0. The van der Waals surface area contributed by atoms with E-state index in [2.05, 4.69) is 10.3 Å². The topological polar surface area (TPSA) is 27.7 Å². The van der Waals surface area contributed by atoms with Crippen LogP contribution in [-0.2, 0) is 0 Å². The fraction of sp³-hybridized carbons (Fsp3) is 0.875. The molecule has 0 fully saturated rings. The van der Waals surface area contributed by atoms with Gasteiger partial charge in [-0.15, -0.1) is 4.68 Å². The predicted molar refractivity (Wildman–Crippen MR) is 45.0 cm³/mol. The first-order valence-electron chi connectivity index (χ1n) is 5.22. The van der Waals surface area contributed by atoms with E-state index in [1.54, 1.807) is 0 Å². The van der Waals surface area contributed by atoms with Crippen LogP contribution in [0.5, 0.6) is 0 Å². The molecule has 0 radical (unpaired) electrons. The summed E-state index contributed by atoms with van der Waals surface area (Å²) in [7, 11) is 0. The van der Waals surface area contributed by atoms with Gasteiger partial charge in [-0.1, -0.05) is 20.8 Å². The zero-order valence-electron chi connectivity index (χ0n) is 10.4. The summed E-state index contributed by atoms with van der Waals surface area (Å²) in [6.07, 6.45) is 0. The minimum absolute atomic E-state index is 0.143. The molecule has 1 unspecified atom stereocenters. The Morgan fingerprint density at radius 3 is 2.55 bits per heavy atom. The Balaban J connectivity index is 3.22. The molecule has 3 heteroatoms. The molecule has 0 saturated carbocycles. The summed E-state index contributed by atoms with van der Waals surface area (Å²) in [5, 5.41) is 7.58. The molecule has 1 rings (SSSR count). The fourth-order valence-electron chi connectivity index (χ4n) is 1.35. The summed E-state index contributed by atoms with van der Waals surface area (Å²) in [6.45, 7) is 5.53. The fourth-order valence-corrected chi connectivity index (χ4v) is 1.35. The summed E-state index contributed by atoms with van der Waals surface area (Å²) in [4.78, 5) is 0. The Hall–Kier alpha value is -0.730. The Kier molecular flexibility index (Phi) is 1.09. The minimum atomic E-state index is -2.23. The second kappa shape index (κ2) is 2.40. The maximum atomic E-state index is 7.31. The number of hydrogen-bond acceptors (Lipinski definition) is 2. The highest BCUT2D eigenvalue weighted by Gasteiger charge is 2.36. The molecule has 62 valence electrons. The maximum Gasteiger partial charge on any atom is 0.223 e.